The van der Waals surface area contributed by atoms with Crippen molar-refractivity contribution in [3.8, 4) is 0 Å². The van der Waals surface area contributed by atoms with Crippen LogP contribution in [0.5, 0.6) is 0 Å². The second-order valence-electron chi connectivity index (χ2n) is 2.14. The van der Waals surface area contributed by atoms with Gasteiger partial charge < -0.3 is 4.74 Å². The zero-order valence-corrected chi connectivity index (χ0v) is 8.17. The molecule has 3 nitrogen and oxygen atoms in total. The summed E-state index contributed by atoms with van der Waals surface area (Å²) in [6, 6.07) is 3.61. The second-order valence-corrected chi connectivity index (χ2v) is 2.70. The summed E-state index contributed by atoms with van der Waals surface area (Å²) < 4.78 is 4.56. The minimum absolute atomic E-state index is 0.372. The maximum absolute atomic E-state index is 11.1. The lowest BCUT2D eigenvalue weighted by Crippen LogP contribution is -2.07. The normalized spacial score (nSPS) is 9.50. The van der Waals surface area contributed by atoms with Gasteiger partial charge in [-0.1, -0.05) is 22.0 Å². The molecule has 0 spiro atoms. The van der Waals surface area contributed by atoms with E-state index in [-0.39, 0.29) is 0 Å². The number of methoxy groups -OCH3 is 1. The molecular formula is C8H8BrNO2. The predicted octanol–water partition coefficient (Wildman–Crippen LogP) is 1.76. The summed E-state index contributed by atoms with van der Waals surface area (Å²) in [6.07, 6.45) is 1.57. The van der Waals surface area contributed by atoms with Crippen molar-refractivity contribution in [2.24, 2.45) is 0 Å². The quantitative estimate of drug-likeness (QED) is 0.574. The van der Waals surface area contributed by atoms with Gasteiger partial charge in [0, 0.05) is 11.5 Å². The highest BCUT2D eigenvalue weighted by molar-refractivity contribution is 9.08. The minimum atomic E-state index is -0.398. The Morgan fingerprint density at radius 2 is 2.50 bits per heavy atom. The molecule has 1 heterocycles. The fourth-order valence-corrected chi connectivity index (χ4v) is 1.28. The van der Waals surface area contributed by atoms with E-state index in [1.165, 1.54) is 7.11 Å². The van der Waals surface area contributed by atoms with Gasteiger partial charge in [-0.15, -0.1) is 0 Å². The number of hydrogen-bond donors (Lipinski definition) is 0. The van der Waals surface area contributed by atoms with Crippen molar-refractivity contribution in [1.29, 1.82) is 0 Å². The second kappa shape index (κ2) is 4.21. The summed E-state index contributed by atoms with van der Waals surface area (Å²) in [6.45, 7) is 0. The highest BCUT2D eigenvalue weighted by atomic mass is 79.9. The van der Waals surface area contributed by atoms with Crippen LogP contribution in [0.25, 0.3) is 0 Å². The average Bonchev–Trinajstić information content (AvgIpc) is 2.16. The van der Waals surface area contributed by atoms with E-state index < -0.39 is 5.97 Å². The van der Waals surface area contributed by atoms with Crippen LogP contribution in [0, 0.1) is 0 Å². The maximum atomic E-state index is 11.1. The Hall–Kier alpha value is -0.900. The van der Waals surface area contributed by atoms with Gasteiger partial charge in [-0.3, -0.25) is 0 Å². The Bertz CT molecular complexity index is 288. The molecule has 0 amide bonds. The van der Waals surface area contributed by atoms with Crippen LogP contribution in [0.15, 0.2) is 18.3 Å². The van der Waals surface area contributed by atoms with E-state index in [4.69, 9.17) is 0 Å². The van der Waals surface area contributed by atoms with Crippen LogP contribution in [-0.4, -0.2) is 18.1 Å². The third-order valence-electron chi connectivity index (χ3n) is 1.41. The highest BCUT2D eigenvalue weighted by Gasteiger charge is 2.10. The van der Waals surface area contributed by atoms with Gasteiger partial charge in [-0.25, -0.2) is 9.78 Å². The van der Waals surface area contributed by atoms with Gasteiger partial charge in [0.25, 0.3) is 0 Å². The van der Waals surface area contributed by atoms with Crippen molar-refractivity contribution in [2.45, 2.75) is 5.33 Å². The van der Waals surface area contributed by atoms with Crippen LogP contribution in [0.2, 0.25) is 0 Å². The molecule has 0 fully saturated rings. The molecule has 0 aliphatic heterocycles. The van der Waals surface area contributed by atoms with Crippen LogP contribution >= 0.6 is 15.9 Å². The van der Waals surface area contributed by atoms with Gasteiger partial charge in [0.05, 0.1) is 7.11 Å². The van der Waals surface area contributed by atoms with Gasteiger partial charge in [0.2, 0.25) is 0 Å². The predicted molar refractivity (Wildman–Crippen MR) is 48.2 cm³/mol. The van der Waals surface area contributed by atoms with Gasteiger partial charge in [-0.2, -0.15) is 0 Å². The fourth-order valence-electron chi connectivity index (χ4n) is 0.827. The number of ether oxygens (including phenoxy) is 1. The van der Waals surface area contributed by atoms with Gasteiger partial charge >= 0.3 is 5.97 Å². The highest BCUT2D eigenvalue weighted by Crippen LogP contribution is 2.10. The summed E-state index contributed by atoms with van der Waals surface area (Å²) in [4.78, 5) is 15.0. The van der Waals surface area contributed by atoms with Crippen LogP contribution in [0.3, 0.4) is 0 Å². The summed E-state index contributed by atoms with van der Waals surface area (Å²) in [5.41, 5.74) is 1.21. The number of nitrogens with zero attached hydrogens (tertiary/aromatic N) is 1. The number of pyridine rings is 1. The van der Waals surface area contributed by atoms with E-state index in [0.717, 1.165) is 5.56 Å². The number of rotatable bonds is 2. The lowest BCUT2D eigenvalue weighted by Gasteiger charge is -2.01. The van der Waals surface area contributed by atoms with Crippen LogP contribution in [0.1, 0.15) is 16.1 Å². The first-order valence-corrected chi connectivity index (χ1v) is 4.50. The monoisotopic (exact) mass is 229 g/mol. The molecule has 0 N–H and O–H groups in total. The zero-order chi connectivity index (χ0) is 8.97. The molecule has 0 aromatic carbocycles. The zero-order valence-electron chi connectivity index (χ0n) is 6.58. The first-order valence-electron chi connectivity index (χ1n) is 3.37. The van der Waals surface area contributed by atoms with E-state index in [2.05, 4.69) is 25.7 Å². The number of esters is 1. The molecule has 1 aromatic rings. The Morgan fingerprint density at radius 3 is 3.08 bits per heavy atom. The number of halogens is 1. The summed E-state index contributed by atoms with van der Waals surface area (Å²) in [5.74, 6) is -0.398. The van der Waals surface area contributed by atoms with Crippen LogP contribution < -0.4 is 0 Å². The molecule has 0 saturated carbocycles. The summed E-state index contributed by atoms with van der Waals surface area (Å²) in [5, 5.41) is 0.602. The lowest BCUT2D eigenvalue weighted by molar-refractivity contribution is 0.0593. The average molecular weight is 230 g/mol. The maximum Gasteiger partial charge on any atom is 0.356 e. The van der Waals surface area contributed by atoms with Crippen molar-refractivity contribution < 1.29 is 9.53 Å². The minimum Gasteiger partial charge on any atom is -0.464 e. The van der Waals surface area contributed by atoms with Crippen molar-refractivity contribution in [2.75, 3.05) is 7.11 Å². The van der Waals surface area contributed by atoms with Crippen molar-refractivity contribution in [3.63, 3.8) is 0 Å². The Kier molecular flexibility index (Phi) is 3.22. The van der Waals surface area contributed by atoms with Crippen LogP contribution in [-0.2, 0) is 10.1 Å². The molecule has 0 aliphatic carbocycles. The molecule has 0 bridgehead atoms. The van der Waals surface area contributed by atoms with E-state index >= 15 is 0 Å². The molecule has 0 atom stereocenters. The van der Waals surface area contributed by atoms with Crippen LogP contribution in [0.4, 0.5) is 0 Å². The third kappa shape index (κ3) is 1.82. The number of alkyl halides is 1. The van der Waals surface area contributed by atoms with E-state index in [9.17, 15) is 4.79 Å². The van der Waals surface area contributed by atoms with Crippen molar-refractivity contribution in [1.82, 2.24) is 4.98 Å². The number of hydrogen-bond acceptors (Lipinski definition) is 3. The van der Waals surface area contributed by atoms with Crippen molar-refractivity contribution in [3.05, 3.63) is 29.6 Å². The first kappa shape index (κ1) is 9.19. The topological polar surface area (TPSA) is 39.2 Å². The molecule has 0 unspecified atom stereocenters. The molecule has 1 rings (SSSR count). The SMILES string of the molecule is COC(=O)c1ncccc1CBr. The Morgan fingerprint density at radius 1 is 1.75 bits per heavy atom. The van der Waals surface area contributed by atoms with Crippen molar-refractivity contribution >= 4 is 21.9 Å². The Labute approximate surface area is 78.9 Å². The first-order chi connectivity index (χ1) is 5.79. The number of aromatic nitrogens is 1. The van der Waals surface area contributed by atoms with E-state index in [0.29, 0.717) is 11.0 Å². The molecule has 1 aromatic heterocycles. The standard InChI is InChI=1S/C8H8BrNO2/c1-12-8(11)7-6(5-9)3-2-4-10-7/h2-4H,5H2,1H3. The molecular weight excluding hydrogens is 222 g/mol. The molecule has 0 aliphatic rings. The largest absolute Gasteiger partial charge is 0.464 e. The third-order valence-corrected chi connectivity index (χ3v) is 2.02. The van der Waals surface area contributed by atoms with Gasteiger partial charge in [0.15, 0.2) is 5.69 Å². The molecule has 12 heavy (non-hydrogen) atoms. The van der Waals surface area contributed by atoms with Gasteiger partial charge in [-0.05, 0) is 11.6 Å². The summed E-state index contributed by atoms with van der Waals surface area (Å²) >= 11 is 3.26. The molecule has 4 heteroatoms. The number of carbonyl (C=O) groups is 1. The summed E-state index contributed by atoms with van der Waals surface area (Å²) in [7, 11) is 1.34. The van der Waals surface area contributed by atoms with E-state index in [1.54, 1.807) is 12.3 Å². The van der Waals surface area contributed by atoms with E-state index in [1.807, 2.05) is 6.07 Å². The van der Waals surface area contributed by atoms with Gasteiger partial charge in [0.1, 0.15) is 0 Å². The molecule has 64 valence electrons. The fraction of sp³-hybridized carbons (Fsp3) is 0.250. The number of carbonyl (C=O) groups excluding carboxylic acids is 1. The Balaban J connectivity index is 3.04. The molecule has 0 radical (unpaired) electrons. The molecule has 0 saturated heterocycles. The smallest absolute Gasteiger partial charge is 0.356 e. The lowest BCUT2D eigenvalue weighted by atomic mass is 10.2.